The molecule has 1 aliphatic rings. The van der Waals surface area contributed by atoms with Crippen molar-refractivity contribution in [2.75, 3.05) is 6.54 Å². The molecule has 108 valence electrons. The molecule has 1 aromatic rings. The van der Waals surface area contributed by atoms with Crippen molar-refractivity contribution in [3.8, 4) is 0 Å². The fourth-order valence-electron chi connectivity index (χ4n) is 2.42. The van der Waals surface area contributed by atoms with Gasteiger partial charge in [-0.15, -0.1) is 0 Å². The number of amides is 2. The van der Waals surface area contributed by atoms with E-state index in [1.807, 2.05) is 30.3 Å². The summed E-state index contributed by atoms with van der Waals surface area (Å²) in [7, 11) is 0. The zero-order chi connectivity index (χ0) is 14.9. The quantitative estimate of drug-likeness (QED) is 0.898. The van der Waals surface area contributed by atoms with Gasteiger partial charge in [0.25, 0.3) is 0 Å². The van der Waals surface area contributed by atoms with Crippen LogP contribution in [-0.2, 0) is 9.59 Å². The first-order valence-corrected chi connectivity index (χ1v) is 6.95. The van der Waals surface area contributed by atoms with Gasteiger partial charge in [-0.2, -0.15) is 0 Å². The monoisotopic (exact) mass is 274 g/mol. The van der Waals surface area contributed by atoms with Crippen LogP contribution in [0.5, 0.6) is 0 Å². The molecule has 0 saturated carbocycles. The molecule has 1 aromatic carbocycles. The SMILES string of the molecule is CC1C(=O)NC(c2ccccc2)C(=O)N1CC(C)(C)C. The highest BCUT2D eigenvalue weighted by Gasteiger charge is 2.40. The Balaban J connectivity index is 2.29. The molecule has 2 unspecified atom stereocenters. The molecule has 2 amide bonds. The van der Waals surface area contributed by atoms with Gasteiger partial charge in [0.05, 0.1) is 0 Å². The maximum atomic E-state index is 12.7. The third-order valence-electron chi connectivity index (χ3n) is 3.44. The molecule has 0 aliphatic carbocycles. The Bertz CT molecular complexity index is 505. The third-order valence-corrected chi connectivity index (χ3v) is 3.44. The van der Waals surface area contributed by atoms with Gasteiger partial charge in [0, 0.05) is 6.54 Å². The highest BCUT2D eigenvalue weighted by molar-refractivity contribution is 5.97. The molecular formula is C16H22N2O2. The summed E-state index contributed by atoms with van der Waals surface area (Å²) >= 11 is 0. The van der Waals surface area contributed by atoms with Crippen LogP contribution in [0.2, 0.25) is 0 Å². The number of hydrogen-bond donors (Lipinski definition) is 1. The summed E-state index contributed by atoms with van der Waals surface area (Å²) < 4.78 is 0. The van der Waals surface area contributed by atoms with Gasteiger partial charge in [0.1, 0.15) is 12.1 Å². The van der Waals surface area contributed by atoms with Gasteiger partial charge in [-0.3, -0.25) is 9.59 Å². The number of benzene rings is 1. The zero-order valence-electron chi connectivity index (χ0n) is 12.5. The molecule has 0 radical (unpaired) electrons. The van der Waals surface area contributed by atoms with Crippen LogP contribution < -0.4 is 5.32 Å². The Morgan fingerprint density at radius 2 is 1.75 bits per heavy atom. The van der Waals surface area contributed by atoms with Crippen molar-refractivity contribution in [2.24, 2.45) is 5.41 Å². The van der Waals surface area contributed by atoms with Gasteiger partial charge in [0.2, 0.25) is 11.8 Å². The molecular weight excluding hydrogens is 252 g/mol. The van der Waals surface area contributed by atoms with E-state index in [9.17, 15) is 9.59 Å². The minimum atomic E-state index is -0.567. The Morgan fingerprint density at radius 1 is 1.15 bits per heavy atom. The smallest absolute Gasteiger partial charge is 0.250 e. The number of carbonyl (C=O) groups is 2. The second-order valence-electron chi connectivity index (χ2n) is 6.56. The van der Waals surface area contributed by atoms with Gasteiger partial charge < -0.3 is 10.2 Å². The standard InChI is InChI=1S/C16H22N2O2/c1-11-14(19)17-13(12-8-6-5-7-9-12)15(20)18(11)10-16(2,3)4/h5-9,11,13H,10H2,1-4H3,(H,17,19). The molecule has 4 heteroatoms. The number of piperazine rings is 1. The van der Waals surface area contributed by atoms with Gasteiger partial charge in [-0.25, -0.2) is 0 Å². The Labute approximate surface area is 120 Å². The molecule has 1 N–H and O–H groups in total. The van der Waals surface area contributed by atoms with Crippen molar-refractivity contribution in [1.29, 1.82) is 0 Å². The lowest BCUT2D eigenvalue weighted by Crippen LogP contribution is -2.60. The molecule has 0 spiro atoms. The van der Waals surface area contributed by atoms with E-state index >= 15 is 0 Å². The number of rotatable bonds is 2. The van der Waals surface area contributed by atoms with Crippen LogP contribution in [0.1, 0.15) is 39.3 Å². The third kappa shape index (κ3) is 3.00. The van der Waals surface area contributed by atoms with E-state index in [1.54, 1.807) is 11.8 Å². The maximum absolute atomic E-state index is 12.7. The van der Waals surface area contributed by atoms with Crippen LogP contribution in [0, 0.1) is 5.41 Å². The predicted molar refractivity (Wildman–Crippen MR) is 78.0 cm³/mol. The summed E-state index contributed by atoms with van der Waals surface area (Å²) in [4.78, 5) is 26.5. The van der Waals surface area contributed by atoms with Gasteiger partial charge >= 0.3 is 0 Å². The molecule has 1 saturated heterocycles. The van der Waals surface area contributed by atoms with Crippen molar-refractivity contribution in [3.63, 3.8) is 0 Å². The van der Waals surface area contributed by atoms with E-state index < -0.39 is 12.1 Å². The topological polar surface area (TPSA) is 49.4 Å². The zero-order valence-corrected chi connectivity index (χ0v) is 12.5. The van der Waals surface area contributed by atoms with Gasteiger partial charge in [0.15, 0.2) is 0 Å². The van der Waals surface area contributed by atoms with Crippen molar-refractivity contribution >= 4 is 11.8 Å². The highest BCUT2D eigenvalue weighted by Crippen LogP contribution is 2.25. The first kappa shape index (κ1) is 14.6. The second kappa shape index (κ2) is 5.27. The molecule has 4 nitrogen and oxygen atoms in total. The molecule has 2 atom stereocenters. The predicted octanol–water partition coefficient (Wildman–Crippen LogP) is 2.12. The molecule has 0 aromatic heterocycles. The van der Waals surface area contributed by atoms with Crippen molar-refractivity contribution < 1.29 is 9.59 Å². The summed E-state index contributed by atoms with van der Waals surface area (Å²) in [5.74, 6) is -0.124. The van der Waals surface area contributed by atoms with Crippen LogP contribution in [0.4, 0.5) is 0 Å². The summed E-state index contributed by atoms with van der Waals surface area (Å²) in [5.41, 5.74) is 0.791. The molecule has 1 aliphatic heterocycles. The maximum Gasteiger partial charge on any atom is 0.250 e. The molecule has 20 heavy (non-hydrogen) atoms. The van der Waals surface area contributed by atoms with Crippen molar-refractivity contribution in [3.05, 3.63) is 35.9 Å². The van der Waals surface area contributed by atoms with Crippen LogP contribution in [-0.4, -0.2) is 29.3 Å². The van der Waals surface area contributed by atoms with E-state index in [0.29, 0.717) is 6.54 Å². The number of nitrogens with one attached hydrogen (secondary N) is 1. The molecule has 2 rings (SSSR count). The van der Waals surface area contributed by atoms with E-state index in [4.69, 9.17) is 0 Å². The highest BCUT2D eigenvalue weighted by atomic mass is 16.2. The van der Waals surface area contributed by atoms with E-state index in [0.717, 1.165) is 5.56 Å². The first-order chi connectivity index (χ1) is 9.29. The van der Waals surface area contributed by atoms with Crippen molar-refractivity contribution in [2.45, 2.75) is 39.8 Å². The van der Waals surface area contributed by atoms with Gasteiger partial charge in [-0.05, 0) is 17.9 Å². The lowest BCUT2D eigenvalue weighted by atomic mass is 9.93. The van der Waals surface area contributed by atoms with E-state index in [1.165, 1.54) is 0 Å². The minimum Gasteiger partial charge on any atom is -0.339 e. The largest absolute Gasteiger partial charge is 0.339 e. The fraction of sp³-hybridized carbons (Fsp3) is 0.500. The molecule has 0 bridgehead atoms. The minimum absolute atomic E-state index is 0.0294. The summed E-state index contributed by atoms with van der Waals surface area (Å²) in [6.07, 6.45) is 0. The lowest BCUT2D eigenvalue weighted by Gasteiger charge is -2.40. The Kier molecular flexibility index (Phi) is 3.84. The van der Waals surface area contributed by atoms with Gasteiger partial charge in [-0.1, -0.05) is 51.1 Å². The second-order valence-corrected chi connectivity index (χ2v) is 6.56. The molecule has 1 fully saturated rings. The average Bonchev–Trinajstić information content (AvgIpc) is 2.39. The van der Waals surface area contributed by atoms with E-state index in [-0.39, 0.29) is 17.2 Å². The number of nitrogens with zero attached hydrogens (tertiary/aromatic N) is 1. The van der Waals surface area contributed by atoms with Crippen LogP contribution in [0.25, 0.3) is 0 Å². The van der Waals surface area contributed by atoms with E-state index in [2.05, 4.69) is 26.1 Å². The van der Waals surface area contributed by atoms with Crippen LogP contribution >= 0.6 is 0 Å². The van der Waals surface area contributed by atoms with Crippen LogP contribution in [0.3, 0.4) is 0 Å². The summed E-state index contributed by atoms with van der Waals surface area (Å²) in [6, 6.07) is 8.40. The molecule has 1 heterocycles. The Morgan fingerprint density at radius 3 is 2.30 bits per heavy atom. The van der Waals surface area contributed by atoms with Crippen LogP contribution in [0.15, 0.2) is 30.3 Å². The number of hydrogen-bond acceptors (Lipinski definition) is 2. The van der Waals surface area contributed by atoms with Crippen molar-refractivity contribution in [1.82, 2.24) is 10.2 Å². The number of carbonyl (C=O) groups excluding carboxylic acids is 2. The first-order valence-electron chi connectivity index (χ1n) is 6.95. The fourth-order valence-corrected chi connectivity index (χ4v) is 2.42. The Hall–Kier alpha value is -1.84. The summed E-state index contributed by atoms with van der Waals surface area (Å²) in [6.45, 7) is 8.55. The normalized spacial score (nSPS) is 23.7. The lowest BCUT2D eigenvalue weighted by molar-refractivity contribution is -0.150. The summed E-state index contributed by atoms with van der Waals surface area (Å²) in [5, 5.41) is 2.82. The average molecular weight is 274 g/mol.